The van der Waals surface area contributed by atoms with Crippen LogP contribution in [0.1, 0.15) is 29.7 Å². The summed E-state index contributed by atoms with van der Waals surface area (Å²) < 4.78 is 43.3. The molecule has 0 radical (unpaired) electrons. The first-order chi connectivity index (χ1) is 16.1. The average Bonchev–Trinajstić information content (AvgIpc) is 2.81. The van der Waals surface area contributed by atoms with E-state index >= 15 is 0 Å². The van der Waals surface area contributed by atoms with Crippen LogP contribution >= 0.6 is 0 Å². The zero-order valence-electron chi connectivity index (χ0n) is 18.4. The van der Waals surface area contributed by atoms with E-state index in [1.165, 1.54) is 31.2 Å². The summed E-state index contributed by atoms with van der Waals surface area (Å²) in [5.74, 6) is -0.882. The lowest BCUT2D eigenvalue weighted by molar-refractivity contribution is -0.140. The van der Waals surface area contributed by atoms with Crippen LogP contribution in [0.5, 0.6) is 0 Å². The van der Waals surface area contributed by atoms with Gasteiger partial charge in [-0.15, -0.1) is 0 Å². The molecule has 0 unspecified atom stereocenters. The Kier molecular flexibility index (Phi) is 7.34. The molecule has 0 aliphatic carbocycles. The summed E-state index contributed by atoms with van der Waals surface area (Å²) in [7, 11) is -3.86. The maximum Gasteiger partial charge on any atom is 0.338 e. The van der Waals surface area contributed by atoms with Gasteiger partial charge in [-0.25, -0.2) is 22.4 Å². The van der Waals surface area contributed by atoms with E-state index in [9.17, 15) is 27.7 Å². The van der Waals surface area contributed by atoms with Gasteiger partial charge in [-0.05, 0) is 42.3 Å². The molecule has 1 aliphatic heterocycles. The number of carbonyl (C=O) groups excluding carboxylic acids is 2. The largest absolute Gasteiger partial charge is 0.460 e. The molecule has 2 N–H and O–H groups in total. The summed E-state index contributed by atoms with van der Waals surface area (Å²) in [5, 5.41) is 20.9. The van der Waals surface area contributed by atoms with Crippen molar-refractivity contribution in [3.05, 3.63) is 70.4 Å². The van der Waals surface area contributed by atoms with E-state index in [4.69, 9.17) is 9.84 Å². The van der Waals surface area contributed by atoms with Gasteiger partial charge in [0.15, 0.2) is 9.84 Å². The zero-order chi connectivity index (χ0) is 25.0. The number of aliphatic hydroxyl groups excluding tert-OH is 1. The monoisotopic (exact) mass is 487 g/mol. The van der Waals surface area contributed by atoms with Crippen LogP contribution in [0.15, 0.2) is 58.6 Å². The summed E-state index contributed by atoms with van der Waals surface area (Å²) in [6.07, 6.45) is 0.951. The summed E-state index contributed by atoms with van der Waals surface area (Å²) in [4.78, 5) is 27.1. The molecule has 34 heavy (non-hydrogen) atoms. The quantitative estimate of drug-likeness (QED) is 0.573. The lowest BCUT2D eigenvalue weighted by Gasteiger charge is -2.36. The van der Waals surface area contributed by atoms with Gasteiger partial charge in [0.1, 0.15) is 13.3 Å². The van der Waals surface area contributed by atoms with E-state index < -0.39 is 41.2 Å². The Bertz CT molecular complexity index is 1320. The standard InChI is InChI=1S/C23H22FN3O6S/c1-14-20(22(29)33-9-8-28)21(18-7-6-16(13-25)11-19(18)34(2,31)32)26-23(30)27(14)17-5-3-4-15(10-17)12-24/h3-7,10-11,21,28H,8-9,12H2,1-2H3,(H,26,30)/t21-/m1/s1. The number of nitrogens with zero attached hydrogens (tertiary/aromatic N) is 2. The topological polar surface area (TPSA) is 137 Å². The number of esters is 1. The lowest BCUT2D eigenvalue weighted by Crippen LogP contribution is -2.48. The van der Waals surface area contributed by atoms with E-state index in [2.05, 4.69) is 5.32 Å². The highest BCUT2D eigenvalue weighted by molar-refractivity contribution is 7.90. The fraction of sp³-hybridized carbons (Fsp3) is 0.261. The molecular weight excluding hydrogens is 465 g/mol. The van der Waals surface area contributed by atoms with Crippen molar-refractivity contribution in [3.8, 4) is 6.07 Å². The predicted octanol–water partition coefficient (Wildman–Crippen LogP) is 2.51. The minimum Gasteiger partial charge on any atom is -0.460 e. The molecule has 1 heterocycles. The molecule has 9 nitrogen and oxygen atoms in total. The number of sulfone groups is 1. The van der Waals surface area contributed by atoms with E-state index in [0.29, 0.717) is 11.3 Å². The first-order valence-electron chi connectivity index (χ1n) is 10.1. The normalized spacial score (nSPS) is 16.1. The van der Waals surface area contributed by atoms with Crippen LogP contribution in [0.3, 0.4) is 0 Å². The van der Waals surface area contributed by atoms with Gasteiger partial charge in [-0.2, -0.15) is 5.26 Å². The Morgan fingerprint density at radius 2 is 2.03 bits per heavy atom. The number of hydrogen-bond acceptors (Lipinski definition) is 7. The van der Waals surface area contributed by atoms with Gasteiger partial charge >= 0.3 is 12.0 Å². The Balaban J connectivity index is 2.25. The van der Waals surface area contributed by atoms with Crippen LogP contribution in [0, 0.1) is 11.3 Å². The third-order valence-corrected chi connectivity index (χ3v) is 6.36. The number of alkyl halides is 1. The summed E-state index contributed by atoms with van der Waals surface area (Å²) in [5.41, 5.74) is 0.823. The van der Waals surface area contributed by atoms with Crippen molar-refractivity contribution in [1.29, 1.82) is 5.26 Å². The molecule has 2 aromatic rings. The van der Waals surface area contributed by atoms with Crippen molar-refractivity contribution in [2.45, 2.75) is 24.5 Å². The van der Waals surface area contributed by atoms with E-state index in [1.807, 2.05) is 6.07 Å². The first kappa shape index (κ1) is 24.9. The van der Waals surface area contributed by atoms with Crippen LogP contribution in [-0.4, -0.2) is 45.0 Å². The summed E-state index contributed by atoms with van der Waals surface area (Å²) >= 11 is 0. The second-order valence-corrected chi connectivity index (χ2v) is 9.50. The maximum absolute atomic E-state index is 13.2. The summed E-state index contributed by atoms with van der Waals surface area (Å²) in [6.45, 7) is -0.0427. The number of aliphatic hydroxyl groups is 1. The highest BCUT2D eigenvalue weighted by Gasteiger charge is 2.39. The van der Waals surface area contributed by atoms with Gasteiger partial charge in [-0.3, -0.25) is 4.90 Å². The van der Waals surface area contributed by atoms with Gasteiger partial charge in [0.25, 0.3) is 0 Å². The van der Waals surface area contributed by atoms with Gasteiger partial charge in [0.05, 0.1) is 40.4 Å². The van der Waals surface area contributed by atoms with Gasteiger partial charge in [-0.1, -0.05) is 18.2 Å². The van der Waals surface area contributed by atoms with Crippen LogP contribution < -0.4 is 10.2 Å². The van der Waals surface area contributed by atoms with Crippen LogP contribution in [0.25, 0.3) is 0 Å². The number of rotatable bonds is 7. The maximum atomic E-state index is 13.2. The number of halogens is 1. The Morgan fingerprint density at radius 3 is 2.65 bits per heavy atom. The van der Waals surface area contributed by atoms with E-state index in [1.54, 1.807) is 18.2 Å². The van der Waals surface area contributed by atoms with Crippen molar-refractivity contribution in [3.63, 3.8) is 0 Å². The van der Waals surface area contributed by atoms with Crippen molar-refractivity contribution in [1.82, 2.24) is 5.32 Å². The predicted molar refractivity (Wildman–Crippen MR) is 120 cm³/mol. The zero-order valence-corrected chi connectivity index (χ0v) is 19.2. The van der Waals surface area contributed by atoms with Crippen molar-refractivity contribution in [2.75, 3.05) is 24.4 Å². The molecule has 3 rings (SSSR count). The number of hydrogen-bond donors (Lipinski definition) is 2. The number of urea groups is 1. The minimum absolute atomic E-state index is 0.0716. The molecule has 0 saturated heterocycles. The lowest BCUT2D eigenvalue weighted by atomic mass is 9.93. The Labute approximate surface area is 196 Å². The Hall–Kier alpha value is -3.75. The molecule has 0 saturated carbocycles. The second kappa shape index (κ2) is 10.0. The van der Waals surface area contributed by atoms with Crippen molar-refractivity contribution >= 4 is 27.5 Å². The van der Waals surface area contributed by atoms with Crippen molar-refractivity contribution in [2.24, 2.45) is 0 Å². The van der Waals surface area contributed by atoms with Crippen molar-refractivity contribution < 1.29 is 32.2 Å². The van der Waals surface area contributed by atoms with Crippen LogP contribution in [0.2, 0.25) is 0 Å². The number of nitriles is 1. The van der Waals surface area contributed by atoms with Crippen LogP contribution in [0.4, 0.5) is 14.9 Å². The van der Waals surface area contributed by atoms with Gasteiger partial charge in [0.2, 0.25) is 0 Å². The first-order valence-corrected chi connectivity index (χ1v) is 12.0. The van der Waals surface area contributed by atoms with E-state index in [-0.39, 0.29) is 33.9 Å². The number of carbonyl (C=O) groups is 2. The molecule has 1 aliphatic rings. The molecule has 178 valence electrons. The molecular formula is C23H22FN3O6S. The SMILES string of the molecule is CC1=C(C(=O)OCCO)[C@@H](c2ccc(C#N)cc2S(C)(=O)=O)NC(=O)N1c1cccc(CF)c1. The fourth-order valence-electron chi connectivity index (χ4n) is 3.71. The summed E-state index contributed by atoms with van der Waals surface area (Å²) in [6, 6.07) is 9.96. The molecule has 11 heteroatoms. The van der Waals surface area contributed by atoms with E-state index in [0.717, 1.165) is 11.2 Å². The molecule has 1 atom stereocenters. The molecule has 0 bridgehead atoms. The molecule has 0 aromatic heterocycles. The smallest absolute Gasteiger partial charge is 0.338 e. The average molecular weight is 488 g/mol. The molecule has 2 aromatic carbocycles. The third kappa shape index (κ3) is 4.93. The molecule has 2 amide bonds. The Morgan fingerprint density at radius 1 is 1.29 bits per heavy atom. The second-order valence-electron chi connectivity index (χ2n) is 7.52. The van der Waals surface area contributed by atoms with Gasteiger partial charge in [0, 0.05) is 12.0 Å². The van der Waals surface area contributed by atoms with Crippen LogP contribution in [-0.2, 0) is 26.0 Å². The highest BCUT2D eigenvalue weighted by Crippen LogP contribution is 2.37. The molecule has 0 fully saturated rings. The number of amides is 2. The molecule has 0 spiro atoms. The number of nitrogens with one attached hydrogen (secondary N) is 1. The minimum atomic E-state index is -3.86. The highest BCUT2D eigenvalue weighted by atomic mass is 32.2. The number of benzene rings is 2. The number of anilines is 1. The fourth-order valence-corrected chi connectivity index (χ4v) is 4.66. The number of allylic oxidation sites excluding steroid dienone is 1. The number of ether oxygens (including phenoxy) is 1. The third-order valence-electron chi connectivity index (χ3n) is 5.21. The van der Waals surface area contributed by atoms with Gasteiger partial charge < -0.3 is 15.2 Å².